The molecule has 1 aromatic heterocycles. The minimum atomic E-state index is 0.742. The van der Waals surface area contributed by atoms with Crippen LogP contribution in [-0.2, 0) is 7.05 Å². The number of rotatable bonds is 2. The Kier molecular flexibility index (Phi) is 4.56. The number of nitrogens with zero attached hydrogens (tertiary/aromatic N) is 1. The van der Waals surface area contributed by atoms with Crippen molar-refractivity contribution >= 4 is 10.8 Å². The van der Waals surface area contributed by atoms with Crippen molar-refractivity contribution in [2.45, 2.75) is 58.8 Å². The summed E-state index contributed by atoms with van der Waals surface area (Å²) in [7, 11) is 2.21. The summed E-state index contributed by atoms with van der Waals surface area (Å²) in [5, 5.41) is 2.70. The van der Waals surface area contributed by atoms with Gasteiger partial charge in [0.15, 0.2) is 5.69 Å². The Bertz CT molecular complexity index is 962. The molecule has 1 nitrogen and oxygen atoms in total. The van der Waals surface area contributed by atoms with Gasteiger partial charge in [0.2, 0.25) is 5.69 Å². The van der Waals surface area contributed by atoms with Crippen LogP contribution >= 0.6 is 0 Å². The van der Waals surface area contributed by atoms with E-state index in [2.05, 4.69) is 74.9 Å². The molecule has 0 atom stereocenters. The molecule has 0 spiro atoms. The summed E-state index contributed by atoms with van der Waals surface area (Å²) >= 11 is 0. The van der Waals surface area contributed by atoms with Crippen molar-refractivity contribution < 1.29 is 4.57 Å². The third-order valence-electron chi connectivity index (χ3n) is 6.28. The summed E-state index contributed by atoms with van der Waals surface area (Å²) in [6, 6.07) is 16.4. The van der Waals surface area contributed by atoms with Crippen LogP contribution < -0.4 is 4.57 Å². The molecule has 0 bridgehead atoms. The zero-order chi connectivity index (χ0) is 18.3. The van der Waals surface area contributed by atoms with Gasteiger partial charge in [0, 0.05) is 18.6 Å². The van der Waals surface area contributed by atoms with Gasteiger partial charge in [-0.15, -0.1) is 0 Å². The molecule has 4 rings (SSSR count). The summed E-state index contributed by atoms with van der Waals surface area (Å²) in [6.07, 6.45) is 6.87. The van der Waals surface area contributed by atoms with Gasteiger partial charge in [-0.1, -0.05) is 49.1 Å². The molecular weight excluding hydrogens is 314 g/mol. The molecule has 2 aromatic carbocycles. The van der Waals surface area contributed by atoms with E-state index in [0.717, 1.165) is 5.92 Å². The van der Waals surface area contributed by atoms with Gasteiger partial charge in [-0.3, -0.25) is 0 Å². The van der Waals surface area contributed by atoms with E-state index in [4.69, 9.17) is 0 Å². The molecule has 1 heteroatoms. The van der Waals surface area contributed by atoms with E-state index in [1.807, 2.05) is 0 Å². The molecule has 0 saturated heterocycles. The number of aromatic nitrogens is 1. The topological polar surface area (TPSA) is 3.88 Å². The Hall–Kier alpha value is -2.15. The molecule has 1 fully saturated rings. The molecule has 1 saturated carbocycles. The van der Waals surface area contributed by atoms with Crippen LogP contribution in [0.5, 0.6) is 0 Å². The highest BCUT2D eigenvalue weighted by Gasteiger charge is 2.22. The van der Waals surface area contributed by atoms with Gasteiger partial charge in [-0.25, -0.2) is 0 Å². The molecular formula is C25H30N+. The summed E-state index contributed by atoms with van der Waals surface area (Å²) in [5.74, 6) is 0.742. The summed E-state index contributed by atoms with van der Waals surface area (Å²) in [5.41, 5.74) is 8.29. The van der Waals surface area contributed by atoms with Gasteiger partial charge < -0.3 is 0 Å². The molecule has 134 valence electrons. The number of hydrogen-bond donors (Lipinski definition) is 0. The van der Waals surface area contributed by atoms with Crippen molar-refractivity contribution in [2.24, 2.45) is 7.05 Å². The lowest BCUT2D eigenvalue weighted by molar-refractivity contribution is -0.665. The minimum absolute atomic E-state index is 0.742. The first-order chi connectivity index (χ1) is 12.5. The van der Waals surface area contributed by atoms with Crippen molar-refractivity contribution in [3.8, 4) is 11.3 Å². The second-order valence-corrected chi connectivity index (χ2v) is 8.19. The highest BCUT2D eigenvalue weighted by atomic mass is 14.9. The maximum absolute atomic E-state index is 2.49. The first-order valence-corrected chi connectivity index (χ1v) is 10.1. The number of pyridine rings is 1. The van der Waals surface area contributed by atoms with Crippen LogP contribution in [0.25, 0.3) is 22.0 Å². The van der Waals surface area contributed by atoms with E-state index >= 15 is 0 Å². The van der Waals surface area contributed by atoms with E-state index in [1.165, 1.54) is 76.5 Å². The fourth-order valence-corrected chi connectivity index (χ4v) is 4.61. The lowest BCUT2D eigenvalue weighted by Gasteiger charge is -2.23. The molecule has 0 N–H and O–H groups in total. The Labute approximate surface area is 157 Å². The molecule has 1 heterocycles. The van der Waals surface area contributed by atoms with Crippen LogP contribution in [0.1, 0.15) is 60.4 Å². The molecule has 1 aliphatic carbocycles. The molecule has 0 aliphatic heterocycles. The molecule has 26 heavy (non-hydrogen) atoms. The normalized spacial score (nSPS) is 15.5. The Balaban J connectivity index is 1.93. The largest absolute Gasteiger partial charge is 0.220 e. The Morgan fingerprint density at radius 2 is 1.62 bits per heavy atom. The van der Waals surface area contributed by atoms with Gasteiger partial charge >= 0.3 is 0 Å². The summed E-state index contributed by atoms with van der Waals surface area (Å²) < 4.78 is 2.37. The van der Waals surface area contributed by atoms with Crippen LogP contribution in [-0.4, -0.2) is 0 Å². The van der Waals surface area contributed by atoms with Gasteiger partial charge in [0.1, 0.15) is 7.05 Å². The highest BCUT2D eigenvalue weighted by molar-refractivity contribution is 5.94. The van der Waals surface area contributed by atoms with E-state index in [-0.39, 0.29) is 0 Å². The standard InChI is InChI=1S/C25H30N/c1-17-10-13-23-22(14-17)15-19(3)26(4)25(23)24-16-21(12-11-18(24)2)20-8-6-5-7-9-20/h10-16,20H,5-9H2,1-4H3/q+1. The third kappa shape index (κ3) is 3.05. The smallest absolute Gasteiger partial charge is 0.198 e. The maximum Gasteiger partial charge on any atom is 0.220 e. The first kappa shape index (κ1) is 17.3. The number of fused-ring (bicyclic) bond motifs is 1. The lowest BCUT2D eigenvalue weighted by Crippen LogP contribution is -2.35. The quantitative estimate of drug-likeness (QED) is 0.480. The molecule has 3 aromatic rings. The molecule has 0 amide bonds. The Morgan fingerprint density at radius 1 is 0.846 bits per heavy atom. The predicted octanol–water partition coefficient (Wildman–Crippen LogP) is 6.30. The second-order valence-electron chi connectivity index (χ2n) is 8.19. The van der Waals surface area contributed by atoms with E-state index in [0.29, 0.717) is 0 Å². The van der Waals surface area contributed by atoms with Crippen LogP contribution in [0.3, 0.4) is 0 Å². The minimum Gasteiger partial charge on any atom is -0.198 e. The first-order valence-electron chi connectivity index (χ1n) is 10.1. The van der Waals surface area contributed by atoms with Crippen molar-refractivity contribution in [3.05, 3.63) is 64.8 Å². The fourth-order valence-electron chi connectivity index (χ4n) is 4.61. The highest BCUT2D eigenvalue weighted by Crippen LogP contribution is 2.36. The van der Waals surface area contributed by atoms with E-state index in [9.17, 15) is 0 Å². The maximum atomic E-state index is 2.49. The SMILES string of the molecule is Cc1ccc2c(-c3cc(C4CCCCC4)ccc3C)[n+](C)c(C)cc2c1. The van der Waals surface area contributed by atoms with E-state index in [1.54, 1.807) is 0 Å². The van der Waals surface area contributed by atoms with Gasteiger partial charge in [-0.2, -0.15) is 4.57 Å². The van der Waals surface area contributed by atoms with Crippen molar-refractivity contribution in [2.75, 3.05) is 0 Å². The molecule has 1 aliphatic rings. The zero-order valence-corrected chi connectivity index (χ0v) is 16.6. The number of benzene rings is 2. The van der Waals surface area contributed by atoms with Crippen molar-refractivity contribution in [1.29, 1.82) is 0 Å². The van der Waals surface area contributed by atoms with Crippen LogP contribution in [0.15, 0.2) is 42.5 Å². The molecule has 0 radical (unpaired) electrons. The van der Waals surface area contributed by atoms with Crippen LogP contribution in [0.2, 0.25) is 0 Å². The van der Waals surface area contributed by atoms with Crippen molar-refractivity contribution in [1.82, 2.24) is 0 Å². The second kappa shape index (κ2) is 6.87. The van der Waals surface area contributed by atoms with E-state index < -0.39 is 0 Å². The Morgan fingerprint density at radius 3 is 2.38 bits per heavy atom. The fraction of sp³-hybridized carbons (Fsp3) is 0.400. The van der Waals surface area contributed by atoms with Gasteiger partial charge in [0.05, 0.1) is 5.39 Å². The molecule has 0 unspecified atom stereocenters. The average Bonchev–Trinajstić information content (AvgIpc) is 2.64. The van der Waals surface area contributed by atoms with Crippen molar-refractivity contribution in [3.63, 3.8) is 0 Å². The van der Waals surface area contributed by atoms with Gasteiger partial charge in [0.25, 0.3) is 0 Å². The van der Waals surface area contributed by atoms with Gasteiger partial charge in [-0.05, 0) is 61.3 Å². The van der Waals surface area contributed by atoms with Crippen LogP contribution in [0.4, 0.5) is 0 Å². The monoisotopic (exact) mass is 344 g/mol. The summed E-state index contributed by atoms with van der Waals surface area (Å²) in [6.45, 7) is 6.64. The number of aryl methyl sites for hydroxylation is 3. The lowest BCUT2D eigenvalue weighted by atomic mass is 9.82. The third-order valence-corrected chi connectivity index (χ3v) is 6.28. The average molecular weight is 345 g/mol. The summed E-state index contributed by atoms with van der Waals surface area (Å²) in [4.78, 5) is 0. The predicted molar refractivity (Wildman–Crippen MR) is 111 cm³/mol. The number of hydrogen-bond acceptors (Lipinski definition) is 0. The van der Waals surface area contributed by atoms with Crippen LogP contribution in [0, 0.1) is 20.8 Å². The zero-order valence-electron chi connectivity index (χ0n) is 16.6.